The number of nitrogens with zero attached hydrogens (tertiary/aromatic N) is 1. The molecule has 2 rings (SSSR count). The number of urea groups is 1. The van der Waals surface area contributed by atoms with Crippen molar-refractivity contribution < 1.29 is 9.59 Å². The maximum atomic E-state index is 12.3. The van der Waals surface area contributed by atoms with E-state index >= 15 is 0 Å². The molecule has 0 unspecified atom stereocenters. The molecule has 0 aliphatic carbocycles. The Morgan fingerprint density at radius 1 is 1.24 bits per heavy atom. The van der Waals surface area contributed by atoms with Crippen LogP contribution in [0.2, 0.25) is 0 Å². The minimum atomic E-state index is -0.163. The fourth-order valence-corrected chi connectivity index (χ4v) is 3.34. The van der Waals surface area contributed by atoms with E-state index in [-0.39, 0.29) is 18.0 Å². The van der Waals surface area contributed by atoms with Crippen LogP contribution in [0.15, 0.2) is 24.3 Å². The summed E-state index contributed by atoms with van der Waals surface area (Å²) in [6, 6.07) is 7.99. The fraction of sp³-hybridized carbons (Fsp3) is 0.579. The number of amides is 3. The van der Waals surface area contributed by atoms with Crippen molar-refractivity contribution in [1.82, 2.24) is 15.5 Å². The van der Waals surface area contributed by atoms with Crippen molar-refractivity contribution in [2.75, 3.05) is 25.1 Å². The summed E-state index contributed by atoms with van der Waals surface area (Å²) in [5, 5.41) is 5.94. The minimum absolute atomic E-state index is 0.0266. The lowest BCUT2D eigenvalue weighted by Crippen LogP contribution is -2.47. The molecule has 0 aromatic heterocycles. The monoisotopic (exact) mass is 363 g/mol. The normalized spacial score (nSPS) is 17.7. The Hall–Kier alpha value is -1.69. The number of aryl methyl sites for hydroxylation is 1. The van der Waals surface area contributed by atoms with E-state index in [4.69, 9.17) is 0 Å². The molecule has 0 spiro atoms. The second-order valence-corrected chi connectivity index (χ2v) is 7.57. The van der Waals surface area contributed by atoms with Crippen molar-refractivity contribution in [3.63, 3.8) is 0 Å². The SMILES string of the molecule is CSCCC(=O)N1CCCC[C@H](NC(=O)NCc2ccc(C)cc2)C1. The van der Waals surface area contributed by atoms with E-state index in [0.29, 0.717) is 19.5 Å². The molecule has 1 saturated heterocycles. The van der Waals surface area contributed by atoms with Crippen LogP contribution in [0.3, 0.4) is 0 Å². The number of hydrogen-bond acceptors (Lipinski definition) is 3. The van der Waals surface area contributed by atoms with E-state index in [1.807, 2.05) is 42.3 Å². The smallest absolute Gasteiger partial charge is 0.315 e. The average Bonchev–Trinajstić information content (AvgIpc) is 2.85. The second-order valence-electron chi connectivity index (χ2n) is 6.59. The molecule has 1 aliphatic heterocycles. The van der Waals surface area contributed by atoms with Gasteiger partial charge in [-0.05, 0) is 38.0 Å². The third-order valence-electron chi connectivity index (χ3n) is 4.45. The zero-order valence-corrected chi connectivity index (χ0v) is 16.0. The van der Waals surface area contributed by atoms with Gasteiger partial charge in [0.1, 0.15) is 0 Å². The third-order valence-corrected chi connectivity index (χ3v) is 5.07. The maximum Gasteiger partial charge on any atom is 0.315 e. The van der Waals surface area contributed by atoms with Crippen molar-refractivity contribution >= 4 is 23.7 Å². The van der Waals surface area contributed by atoms with Crippen LogP contribution in [0.4, 0.5) is 4.79 Å². The van der Waals surface area contributed by atoms with Gasteiger partial charge in [-0.3, -0.25) is 4.79 Å². The zero-order chi connectivity index (χ0) is 18.1. The van der Waals surface area contributed by atoms with E-state index in [2.05, 4.69) is 10.6 Å². The van der Waals surface area contributed by atoms with Gasteiger partial charge in [0.25, 0.3) is 0 Å². The molecule has 6 heteroatoms. The van der Waals surface area contributed by atoms with Crippen molar-refractivity contribution in [1.29, 1.82) is 0 Å². The Balaban J connectivity index is 1.79. The molecule has 25 heavy (non-hydrogen) atoms. The summed E-state index contributed by atoms with van der Waals surface area (Å²) in [5.41, 5.74) is 2.29. The van der Waals surface area contributed by atoms with Gasteiger partial charge in [-0.15, -0.1) is 0 Å². The highest BCUT2D eigenvalue weighted by Crippen LogP contribution is 2.13. The van der Waals surface area contributed by atoms with Gasteiger partial charge in [0.15, 0.2) is 0 Å². The minimum Gasteiger partial charge on any atom is -0.341 e. The van der Waals surface area contributed by atoms with Crippen LogP contribution in [-0.4, -0.2) is 48.0 Å². The largest absolute Gasteiger partial charge is 0.341 e. The molecule has 2 N–H and O–H groups in total. The van der Waals surface area contributed by atoms with Crippen LogP contribution in [0.25, 0.3) is 0 Å². The molecule has 1 atom stereocenters. The first-order valence-electron chi connectivity index (χ1n) is 8.95. The predicted molar refractivity (Wildman–Crippen MR) is 104 cm³/mol. The Morgan fingerprint density at radius 2 is 2.00 bits per heavy atom. The Morgan fingerprint density at radius 3 is 2.72 bits per heavy atom. The number of carbonyl (C=O) groups is 2. The van der Waals surface area contributed by atoms with E-state index in [0.717, 1.165) is 37.1 Å². The number of hydrogen-bond donors (Lipinski definition) is 2. The van der Waals surface area contributed by atoms with Gasteiger partial charge in [0, 0.05) is 37.8 Å². The van der Waals surface area contributed by atoms with Crippen LogP contribution >= 0.6 is 11.8 Å². The number of benzene rings is 1. The summed E-state index contributed by atoms with van der Waals surface area (Å²) in [7, 11) is 0. The first-order valence-corrected chi connectivity index (χ1v) is 10.3. The highest BCUT2D eigenvalue weighted by Gasteiger charge is 2.22. The van der Waals surface area contributed by atoms with Gasteiger partial charge in [-0.25, -0.2) is 4.79 Å². The van der Waals surface area contributed by atoms with Gasteiger partial charge < -0.3 is 15.5 Å². The molecule has 1 heterocycles. The molecule has 5 nitrogen and oxygen atoms in total. The van der Waals surface area contributed by atoms with Crippen LogP contribution in [0.5, 0.6) is 0 Å². The first kappa shape index (κ1) is 19.6. The lowest BCUT2D eigenvalue weighted by molar-refractivity contribution is -0.130. The molecule has 0 saturated carbocycles. The van der Waals surface area contributed by atoms with Gasteiger partial charge in [-0.1, -0.05) is 29.8 Å². The van der Waals surface area contributed by atoms with Crippen molar-refractivity contribution in [3.8, 4) is 0 Å². The number of likely N-dealkylation sites (tertiary alicyclic amines) is 1. The predicted octanol–water partition coefficient (Wildman–Crippen LogP) is 2.93. The highest BCUT2D eigenvalue weighted by atomic mass is 32.2. The van der Waals surface area contributed by atoms with E-state index in [1.165, 1.54) is 5.56 Å². The molecule has 138 valence electrons. The van der Waals surface area contributed by atoms with Crippen molar-refractivity contribution in [2.24, 2.45) is 0 Å². The van der Waals surface area contributed by atoms with Crippen LogP contribution < -0.4 is 10.6 Å². The molecule has 1 aromatic rings. The zero-order valence-electron chi connectivity index (χ0n) is 15.2. The summed E-state index contributed by atoms with van der Waals surface area (Å²) in [5.74, 6) is 1.05. The molecule has 1 aliphatic rings. The van der Waals surface area contributed by atoms with Gasteiger partial charge in [-0.2, -0.15) is 11.8 Å². The third kappa shape index (κ3) is 6.98. The maximum absolute atomic E-state index is 12.3. The van der Waals surface area contributed by atoms with Gasteiger partial charge in [0.2, 0.25) is 5.91 Å². The number of carbonyl (C=O) groups excluding carboxylic acids is 2. The summed E-state index contributed by atoms with van der Waals surface area (Å²) in [6.45, 7) is 3.97. The first-order chi connectivity index (χ1) is 12.1. The summed E-state index contributed by atoms with van der Waals surface area (Å²) >= 11 is 1.69. The summed E-state index contributed by atoms with van der Waals surface area (Å²) in [6.07, 6.45) is 5.56. The summed E-state index contributed by atoms with van der Waals surface area (Å²) in [4.78, 5) is 26.4. The topological polar surface area (TPSA) is 61.4 Å². The molecule has 0 bridgehead atoms. The summed E-state index contributed by atoms with van der Waals surface area (Å²) < 4.78 is 0. The van der Waals surface area contributed by atoms with Crippen molar-refractivity contribution in [2.45, 2.75) is 45.2 Å². The quantitative estimate of drug-likeness (QED) is 0.817. The number of nitrogens with one attached hydrogen (secondary N) is 2. The van der Waals surface area contributed by atoms with E-state index in [9.17, 15) is 9.59 Å². The fourth-order valence-electron chi connectivity index (χ4n) is 2.96. The van der Waals surface area contributed by atoms with Crippen molar-refractivity contribution in [3.05, 3.63) is 35.4 Å². The molecular formula is C19H29N3O2S. The van der Waals surface area contributed by atoms with Crippen LogP contribution in [0.1, 0.15) is 36.8 Å². The second kappa shape index (κ2) is 10.3. The highest BCUT2D eigenvalue weighted by molar-refractivity contribution is 7.98. The van der Waals surface area contributed by atoms with E-state index in [1.54, 1.807) is 11.8 Å². The number of thioether (sulfide) groups is 1. The molecule has 3 amide bonds. The lowest BCUT2D eigenvalue weighted by Gasteiger charge is -2.25. The van der Waals surface area contributed by atoms with Crippen LogP contribution in [-0.2, 0) is 11.3 Å². The van der Waals surface area contributed by atoms with Crippen LogP contribution in [0, 0.1) is 6.92 Å². The van der Waals surface area contributed by atoms with Gasteiger partial charge in [0.05, 0.1) is 0 Å². The number of rotatable bonds is 6. The average molecular weight is 364 g/mol. The Bertz CT molecular complexity index is 562. The standard InChI is InChI=1S/C19H29N3O2S/c1-15-6-8-16(9-7-15)13-20-19(24)21-17-5-3-4-11-22(14-17)18(23)10-12-25-2/h6-9,17H,3-5,10-14H2,1-2H3,(H2,20,21,24)/t17-/m0/s1. The Kier molecular flexibility index (Phi) is 8.12. The molecule has 1 fully saturated rings. The van der Waals surface area contributed by atoms with Gasteiger partial charge >= 0.3 is 6.03 Å². The molecule has 0 radical (unpaired) electrons. The lowest BCUT2D eigenvalue weighted by atomic mass is 10.1. The molecular weight excluding hydrogens is 334 g/mol. The van der Waals surface area contributed by atoms with E-state index < -0.39 is 0 Å². The molecule has 1 aromatic carbocycles. The Labute approximate surface area is 154 Å².